The summed E-state index contributed by atoms with van der Waals surface area (Å²) < 4.78 is 7.60. The van der Waals surface area contributed by atoms with Gasteiger partial charge in [-0.25, -0.2) is 4.79 Å². The minimum absolute atomic E-state index is 0. The van der Waals surface area contributed by atoms with Gasteiger partial charge in [0, 0.05) is 52.0 Å². The van der Waals surface area contributed by atoms with E-state index in [-0.39, 0.29) is 30.1 Å². The van der Waals surface area contributed by atoms with Gasteiger partial charge in [-0.1, -0.05) is 13.0 Å². The molecular weight excluding hydrogens is 535 g/mol. The van der Waals surface area contributed by atoms with Gasteiger partial charge in [-0.05, 0) is 38.8 Å². The number of aromatic nitrogens is 4. The van der Waals surface area contributed by atoms with Crippen LogP contribution >= 0.6 is 24.0 Å². The molecule has 2 rings (SSSR count). The monoisotopic (exact) mass is 572 g/mol. The summed E-state index contributed by atoms with van der Waals surface area (Å²) in [5.41, 5.74) is 0.417. The maximum Gasteiger partial charge on any atom is 0.410 e. The Labute approximate surface area is 213 Å². The highest BCUT2D eigenvalue weighted by molar-refractivity contribution is 14.0. The van der Waals surface area contributed by atoms with E-state index in [2.05, 4.69) is 37.7 Å². The highest BCUT2D eigenvalue weighted by Gasteiger charge is 2.22. The van der Waals surface area contributed by atoms with Crippen LogP contribution in [0.4, 0.5) is 4.79 Å². The standard InChI is InChI=1S/C22H36N8O2.HI/c1-6-19-28-27-17-30(19)14-12-26-20(23-5)25-11-8-13-29(21(31)32-22(2,3)4)16-18-9-7-10-24-15-18;/h7,9-10,15,17H,6,8,11-14,16H2,1-5H3,(H2,23,25,26);1H. The number of aryl methyl sites for hydroxylation is 1. The van der Waals surface area contributed by atoms with E-state index in [1.807, 2.05) is 37.5 Å². The molecule has 33 heavy (non-hydrogen) atoms. The normalized spacial score (nSPS) is 11.5. The minimum atomic E-state index is -0.545. The fraction of sp³-hybridized carbons (Fsp3) is 0.591. The number of amides is 1. The van der Waals surface area contributed by atoms with Gasteiger partial charge in [0.25, 0.3) is 0 Å². The second-order valence-electron chi connectivity index (χ2n) is 8.34. The van der Waals surface area contributed by atoms with E-state index in [4.69, 9.17) is 4.74 Å². The minimum Gasteiger partial charge on any atom is -0.444 e. The van der Waals surface area contributed by atoms with Crippen LogP contribution in [0.5, 0.6) is 0 Å². The van der Waals surface area contributed by atoms with Crippen LogP contribution in [0, 0.1) is 0 Å². The number of hydrogen-bond acceptors (Lipinski definition) is 6. The average Bonchev–Trinajstić information content (AvgIpc) is 3.21. The van der Waals surface area contributed by atoms with Gasteiger partial charge >= 0.3 is 6.09 Å². The van der Waals surface area contributed by atoms with Crippen LogP contribution in [0.2, 0.25) is 0 Å². The lowest BCUT2D eigenvalue weighted by Gasteiger charge is -2.27. The second-order valence-corrected chi connectivity index (χ2v) is 8.34. The number of halogens is 1. The predicted molar refractivity (Wildman–Crippen MR) is 140 cm³/mol. The van der Waals surface area contributed by atoms with Gasteiger partial charge in [-0.2, -0.15) is 0 Å². The summed E-state index contributed by atoms with van der Waals surface area (Å²) >= 11 is 0. The third-order valence-electron chi connectivity index (χ3n) is 4.53. The van der Waals surface area contributed by atoms with E-state index in [0.29, 0.717) is 32.1 Å². The molecule has 0 atom stereocenters. The van der Waals surface area contributed by atoms with Crippen molar-refractivity contribution in [2.24, 2.45) is 4.99 Å². The quantitative estimate of drug-likeness (QED) is 0.195. The molecule has 0 bridgehead atoms. The maximum absolute atomic E-state index is 12.7. The summed E-state index contributed by atoms with van der Waals surface area (Å²) in [5, 5.41) is 14.6. The number of carbonyl (C=O) groups is 1. The molecule has 0 aliphatic carbocycles. The summed E-state index contributed by atoms with van der Waals surface area (Å²) in [4.78, 5) is 22.8. The molecule has 0 saturated carbocycles. The van der Waals surface area contributed by atoms with Crippen LogP contribution in [-0.2, 0) is 24.2 Å². The Balaban J connectivity index is 0.00000544. The number of hydrogen-bond donors (Lipinski definition) is 2. The molecule has 0 radical (unpaired) electrons. The number of rotatable bonds is 10. The number of nitrogens with one attached hydrogen (secondary N) is 2. The fourth-order valence-corrected chi connectivity index (χ4v) is 3.00. The second kappa shape index (κ2) is 14.7. The maximum atomic E-state index is 12.7. The zero-order valence-electron chi connectivity index (χ0n) is 20.2. The van der Waals surface area contributed by atoms with Crippen molar-refractivity contribution in [3.8, 4) is 0 Å². The Morgan fingerprint density at radius 2 is 2.03 bits per heavy atom. The molecule has 2 aromatic heterocycles. The van der Waals surface area contributed by atoms with Crippen molar-refractivity contribution in [3.63, 3.8) is 0 Å². The van der Waals surface area contributed by atoms with Gasteiger partial charge < -0.3 is 24.8 Å². The molecule has 0 aliphatic rings. The van der Waals surface area contributed by atoms with E-state index in [1.165, 1.54) is 0 Å². The Bertz CT molecular complexity index is 852. The Hall–Kier alpha value is -2.44. The van der Waals surface area contributed by atoms with E-state index < -0.39 is 5.60 Å². The van der Waals surface area contributed by atoms with Crippen molar-refractivity contribution in [1.82, 2.24) is 35.3 Å². The van der Waals surface area contributed by atoms with Gasteiger partial charge in [0.2, 0.25) is 0 Å². The number of pyridine rings is 1. The first-order valence-electron chi connectivity index (χ1n) is 11.0. The van der Waals surface area contributed by atoms with E-state index in [0.717, 1.165) is 30.8 Å². The van der Waals surface area contributed by atoms with Crippen molar-refractivity contribution >= 4 is 36.0 Å². The molecule has 1 amide bonds. The van der Waals surface area contributed by atoms with Crippen molar-refractivity contribution in [2.45, 2.75) is 59.2 Å². The zero-order valence-corrected chi connectivity index (χ0v) is 22.6. The third kappa shape index (κ3) is 10.8. The fourth-order valence-electron chi connectivity index (χ4n) is 3.00. The molecule has 10 nitrogen and oxygen atoms in total. The third-order valence-corrected chi connectivity index (χ3v) is 4.53. The first kappa shape index (κ1) is 28.6. The molecule has 2 heterocycles. The van der Waals surface area contributed by atoms with Crippen molar-refractivity contribution in [1.29, 1.82) is 0 Å². The molecule has 0 fully saturated rings. The number of ether oxygens (including phenoxy) is 1. The van der Waals surface area contributed by atoms with Gasteiger partial charge in [-0.15, -0.1) is 34.2 Å². The molecule has 0 spiro atoms. The van der Waals surface area contributed by atoms with Crippen molar-refractivity contribution < 1.29 is 9.53 Å². The van der Waals surface area contributed by atoms with Gasteiger partial charge in [0.15, 0.2) is 5.96 Å². The number of guanidine groups is 1. The highest BCUT2D eigenvalue weighted by atomic mass is 127. The molecule has 2 N–H and O–H groups in total. The topological polar surface area (TPSA) is 110 Å². The van der Waals surface area contributed by atoms with Crippen LogP contribution in [0.25, 0.3) is 0 Å². The highest BCUT2D eigenvalue weighted by Crippen LogP contribution is 2.12. The molecule has 11 heteroatoms. The summed E-state index contributed by atoms with van der Waals surface area (Å²) in [5.74, 6) is 1.68. The first-order valence-corrected chi connectivity index (χ1v) is 11.0. The average molecular weight is 572 g/mol. The number of aliphatic imine (C=N–C) groups is 1. The van der Waals surface area contributed by atoms with E-state index in [9.17, 15) is 4.79 Å². The lowest BCUT2D eigenvalue weighted by molar-refractivity contribution is 0.0232. The number of carbonyl (C=O) groups excluding carboxylic acids is 1. The van der Waals surface area contributed by atoms with Crippen LogP contribution in [0.1, 0.15) is 45.5 Å². The van der Waals surface area contributed by atoms with E-state index >= 15 is 0 Å². The van der Waals surface area contributed by atoms with Gasteiger partial charge in [0.1, 0.15) is 17.8 Å². The summed E-state index contributed by atoms with van der Waals surface area (Å²) in [6.45, 7) is 10.8. The molecule has 0 aliphatic heterocycles. The van der Waals surface area contributed by atoms with Crippen LogP contribution in [0.15, 0.2) is 35.8 Å². The molecule has 0 saturated heterocycles. The SMILES string of the molecule is CCc1nncn1CCNC(=NC)NCCCN(Cc1cccnc1)C(=O)OC(C)(C)C.I. The summed E-state index contributed by atoms with van der Waals surface area (Å²) in [6.07, 6.45) is 6.48. The van der Waals surface area contributed by atoms with Crippen LogP contribution in [-0.4, -0.2) is 69.0 Å². The lowest BCUT2D eigenvalue weighted by atomic mass is 10.2. The Kier molecular flexibility index (Phi) is 12.7. The van der Waals surface area contributed by atoms with Crippen molar-refractivity contribution in [2.75, 3.05) is 26.7 Å². The van der Waals surface area contributed by atoms with Crippen LogP contribution in [0.3, 0.4) is 0 Å². The molecule has 184 valence electrons. The molecule has 0 unspecified atom stereocenters. The Morgan fingerprint density at radius 1 is 1.27 bits per heavy atom. The van der Waals surface area contributed by atoms with Gasteiger partial charge in [-0.3, -0.25) is 9.98 Å². The van der Waals surface area contributed by atoms with Gasteiger partial charge in [0.05, 0.1) is 6.54 Å². The predicted octanol–water partition coefficient (Wildman–Crippen LogP) is 2.85. The summed E-state index contributed by atoms with van der Waals surface area (Å²) in [7, 11) is 1.74. The largest absolute Gasteiger partial charge is 0.444 e. The smallest absolute Gasteiger partial charge is 0.410 e. The Morgan fingerprint density at radius 3 is 2.67 bits per heavy atom. The first-order chi connectivity index (χ1) is 15.3. The zero-order chi connectivity index (χ0) is 23.4. The molecule has 0 aromatic carbocycles. The van der Waals surface area contributed by atoms with Crippen molar-refractivity contribution in [3.05, 3.63) is 42.2 Å². The molecule has 2 aromatic rings. The molecular formula is C22H37IN8O2. The summed E-state index contributed by atoms with van der Waals surface area (Å²) in [6, 6.07) is 3.82. The van der Waals surface area contributed by atoms with E-state index in [1.54, 1.807) is 30.7 Å². The van der Waals surface area contributed by atoms with Crippen LogP contribution < -0.4 is 10.6 Å². The number of nitrogens with zero attached hydrogens (tertiary/aromatic N) is 6. The lowest BCUT2D eigenvalue weighted by Crippen LogP contribution is -2.41.